The number of ether oxygens (including phenoxy) is 1. The van der Waals surface area contributed by atoms with E-state index >= 15 is 0 Å². The number of likely N-dealkylation sites (tertiary alicyclic amines) is 1. The molecule has 1 fully saturated rings. The van der Waals surface area contributed by atoms with Gasteiger partial charge in [0.15, 0.2) is 5.65 Å². The lowest BCUT2D eigenvalue weighted by Gasteiger charge is -2.33. The molecule has 164 valence electrons. The molecule has 0 bridgehead atoms. The Hall–Kier alpha value is -2.93. The van der Waals surface area contributed by atoms with Crippen LogP contribution in [-0.4, -0.2) is 51.7 Å². The summed E-state index contributed by atoms with van der Waals surface area (Å²) >= 11 is 0. The second kappa shape index (κ2) is 9.92. The highest BCUT2D eigenvalue weighted by atomic mass is 16.5. The third-order valence-corrected chi connectivity index (χ3v) is 6.05. The quantitative estimate of drug-likeness (QED) is 0.560. The number of benzene rings is 1. The maximum atomic E-state index is 13.2. The van der Waals surface area contributed by atoms with E-state index in [1.807, 2.05) is 35.2 Å². The van der Waals surface area contributed by atoms with Gasteiger partial charge in [-0.2, -0.15) is 0 Å². The van der Waals surface area contributed by atoms with Gasteiger partial charge >= 0.3 is 5.69 Å². The minimum Gasteiger partial charge on any atom is -0.383 e. The summed E-state index contributed by atoms with van der Waals surface area (Å²) < 4.78 is 8.69. The molecule has 0 radical (unpaired) electrons. The van der Waals surface area contributed by atoms with Crippen LogP contribution in [0.25, 0.3) is 11.2 Å². The molecule has 1 saturated heterocycles. The van der Waals surface area contributed by atoms with Crippen LogP contribution in [0.2, 0.25) is 0 Å². The number of carbonyl (C=O) groups is 1. The molecule has 0 N–H and O–H groups in total. The van der Waals surface area contributed by atoms with Gasteiger partial charge in [-0.15, -0.1) is 0 Å². The number of piperidine rings is 1. The molecule has 0 aliphatic carbocycles. The van der Waals surface area contributed by atoms with E-state index in [4.69, 9.17) is 4.74 Å². The van der Waals surface area contributed by atoms with Crippen molar-refractivity contribution in [2.75, 3.05) is 26.8 Å². The molecule has 3 heterocycles. The number of hydrogen-bond acceptors (Lipinski definition) is 4. The van der Waals surface area contributed by atoms with Crippen molar-refractivity contribution in [3.05, 3.63) is 64.7 Å². The Morgan fingerprint density at radius 1 is 1.19 bits per heavy atom. The van der Waals surface area contributed by atoms with Gasteiger partial charge in [-0.3, -0.25) is 13.9 Å². The van der Waals surface area contributed by atoms with Gasteiger partial charge in [-0.05, 0) is 43.4 Å². The van der Waals surface area contributed by atoms with Gasteiger partial charge in [0.05, 0.1) is 24.7 Å². The molecular weight excluding hydrogens is 392 g/mol. The molecule has 0 spiro atoms. The lowest BCUT2D eigenvalue weighted by atomic mass is 10.0. The normalized spacial score (nSPS) is 16.7. The summed E-state index contributed by atoms with van der Waals surface area (Å²) in [5.74, 6) is 0.171. The summed E-state index contributed by atoms with van der Waals surface area (Å²) in [7, 11) is 1.63. The lowest BCUT2D eigenvalue weighted by molar-refractivity contribution is -0.132. The topological polar surface area (TPSA) is 69.4 Å². The van der Waals surface area contributed by atoms with E-state index in [2.05, 4.69) is 17.1 Å². The van der Waals surface area contributed by atoms with Gasteiger partial charge in [-0.1, -0.05) is 30.3 Å². The van der Waals surface area contributed by atoms with Gasteiger partial charge in [0, 0.05) is 32.8 Å². The van der Waals surface area contributed by atoms with Gasteiger partial charge < -0.3 is 9.64 Å². The second-order valence-corrected chi connectivity index (χ2v) is 8.12. The average Bonchev–Trinajstić information content (AvgIpc) is 3.09. The summed E-state index contributed by atoms with van der Waals surface area (Å²) in [4.78, 5) is 32.5. The van der Waals surface area contributed by atoms with Crippen molar-refractivity contribution in [3.63, 3.8) is 0 Å². The van der Waals surface area contributed by atoms with E-state index in [0.717, 1.165) is 37.7 Å². The Bertz CT molecular complexity index is 1070. The number of rotatable bonds is 8. The number of aromatic nitrogens is 3. The van der Waals surface area contributed by atoms with E-state index in [9.17, 15) is 9.59 Å². The van der Waals surface area contributed by atoms with Crippen LogP contribution in [0.1, 0.15) is 37.3 Å². The summed E-state index contributed by atoms with van der Waals surface area (Å²) in [6.45, 7) is 2.26. The Morgan fingerprint density at radius 2 is 2.03 bits per heavy atom. The Balaban J connectivity index is 1.47. The molecule has 7 nitrogen and oxygen atoms in total. The van der Waals surface area contributed by atoms with Crippen molar-refractivity contribution in [2.45, 2.75) is 44.7 Å². The Morgan fingerprint density at radius 3 is 2.84 bits per heavy atom. The third-order valence-electron chi connectivity index (χ3n) is 6.05. The van der Waals surface area contributed by atoms with Gasteiger partial charge in [0.1, 0.15) is 0 Å². The van der Waals surface area contributed by atoms with Crippen molar-refractivity contribution in [2.24, 2.45) is 0 Å². The Labute approximate surface area is 182 Å². The maximum Gasteiger partial charge on any atom is 0.330 e. The highest BCUT2D eigenvalue weighted by Gasteiger charge is 2.28. The monoisotopic (exact) mass is 422 g/mol. The average molecular weight is 423 g/mol. The standard InChI is InChI=1S/C24H30N4O3/c1-31-17-16-27-21-12-6-14-25-23(21)28(24(27)30)20-11-7-15-26(18-20)22(29)13-5-10-19-8-3-2-4-9-19/h2-4,6,8-9,12,14,20H,5,7,10-11,13,15-18H2,1H3/t20-/m0/s1. The van der Waals surface area contributed by atoms with Gasteiger partial charge in [-0.25, -0.2) is 9.78 Å². The number of carbonyl (C=O) groups excluding carboxylic acids is 1. The first-order chi connectivity index (χ1) is 15.2. The number of fused-ring (bicyclic) bond motifs is 1. The van der Waals surface area contributed by atoms with Crippen molar-refractivity contribution >= 4 is 17.1 Å². The van der Waals surface area contributed by atoms with Gasteiger partial charge in [0.25, 0.3) is 0 Å². The van der Waals surface area contributed by atoms with Crippen LogP contribution in [0.4, 0.5) is 0 Å². The summed E-state index contributed by atoms with van der Waals surface area (Å²) in [5, 5.41) is 0. The van der Waals surface area contributed by atoms with E-state index < -0.39 is 0 Å². The summed E-state index contributed by atoms with van der Waals surface area (Å²) in [6, 6.07) is 14.0. The highest BCUT2D eigenvalue weighted by Crippen LogP contribution is 2.24. The number of imidazole rings is 1. The van der Waals surface area contributed by atoms with Crippen LogP contribution in [-0.2, 0) is 22.5 Å². The van der Waals surface area contributed by atoms with Crippen LogP contribution in [0.3, 0.4) is 0 Å². The van der Waals surface area contributed by atoms with Gasteiger partial charge in [0.2, 0.25) is 5.91 Å². The zero-order valence-corrected chi connectivity index (χ0v) is 18.1. The van der Waals surface area contributed by atoms with E-state index in [-0.39, 0.29) is 17.6 Å². The number of hydrogen-bond donors (Lipinski definition) is 0. The van der Waals surface area contributed by atoms with Crippen LogP contribution in [0.15, 0.2) is 53.5 Å². The van der Waals surface area contributed by atoms with E-state index in [0.29, 0.717) is 31.8 Å². The third kappa shape index (κ3) is 4.71. The van der Waals surface area contributed by atoms with Crippen LogP contribution in [0.5, 0.6) is 0 Å². The lowest BCUT2D eigenvalue weighted by Crippen LogP contribution is -2.43. The smallest absolute Gasteiger partial charge is 0.330 e. The molecule has 1 aromatic carbocycles. The SMILES string of the molecule is COCCn1c(=O)n([C@H]2CCCN(C(=O)CCCc3ccccc3)C2)c2ncccc21. The fourth-order valence-electron chi connectivity index (χ4n) is 4.47. The van der Waals surface area contributed by atoms with E-state index in [1.165, 1.54) is 5.56 Å². The Kier molecular flexibility index (Phi) is 6.82. The molecule has 7 heteroatoms. The molecule has 1 aliphatic rings. The molecule has 31 heavy (non-hydrogen) atoms. The number of aryl methyl sites for hydroxylation is 1. The summed E-state index contributed by atoms with van der Waals surface area (Å²) in [5.41, 5.74) is 2.69. The number of nitrogens with zero attached hydrogens (tertiary/aromatic N) is 4. The molecule has 1 aliphatic heterocycles. The maximum absolute atomic E-state index is 13.2. The molecule has 2 aromatic heterocycles. The number of pyridine rings is 1. The molecule has 4 rings (SSSR count). The van der Waals surface area contributed by atoms with E-state index in [1.54, 1.807) is 22.4 Å². The fraction of sp³-hybridized carbons (Fsp3) is 0.458. The summed E-state index contributed by atoms with van der Waals surface area (Å²) in [6.07, 6.45) is 5.74. The zero-order chi connectivity index (χ0) is 21.6. The number of methoxy groups -OCH3 is 1. The van der Waals surface area contributed by atoms with Crippen molar-refractivity contribution in [1.29, 1.82) is 0 Å². The second-order valence-electron chi connectivity index (χ2n) is 8.12. The molecule has 0 saturated carbocycles. The predicted octanol–water partition coefficient (Wildman–Crippen LogP) is 3.03. The number of amides is 1. The first-order valence-corrected chi connectivity index (χ1v) is 11.1. The van der Waals surface area contributed by atoms with Crippen LogP contribution >= 0.6 is 0 Å². The minimum absolute atomic E-state index is 0.0551. The minimum atomic E-state index is -0.0749. The van der Waals surface area contributed by atoms with Crippen molar-refractivity contribution in [3.8, 4) is 0 Å². The molecule has 1 atom stereocenters. The molecule has 3 aromatic rings. The molecule has 0 unspecified atom stereocenters. The first-order valence-electron chi connectivity index (χ1n) is 11.1. The predicted molar refractivity (Wildman–Crippen MR) is 120 cm³/mol. The largest absolute Gasteiger partial charge is 0.383 e. The first kappa shape index (κ1) is 21.3. The molecular formula is C24H30N4O3. The van der Waals surface area contributed by atoms with Crippen molar-refractivity contribution in [1.82, 2.24) is 19.0 Å². The highest BCUT2D eigenvalue weighted by molar-refractivity contribution is 5.76. The molecule has 1 amide bonds. The van der Waals surface area contributed by atoms with Crippen LogP contribution in [0, 0.1) is 0 Å². The van der Waals surface area contributed by atoms with Crippen LogP contribution < -0.4 is 5.69 Å². The van der Waals surface area contributed by atoms with Crippen molar-refractivity contribution < 1.29 is 9.53 Å². The zero-order valence-electron chi connectivity index (χ0n) is 18.1. The fourth-order valence-corrected chi connectivity index (χ4v) is 4.47.